The largest absolute Gasteiger partial charge is 0.490 e. The van der Waals surface area contributed by atoms with Gasteiger partial charge in [-0.2, -0.15) is 0 Å². The summed E-state index contributed by atoms with van der Waals surface area (Å²) in [5.41, 5.74) is 3.25. The lowest BCUT2D eigenvalue weighted by atomic mass is 9.68. The van der Waals surface area contributed by atoms with Gasteiger partial charge in [0.25, 0.3) is 5.91 Å². The normalized spacial score (nSPS) is 29.4. The summed E-state index contributed by atoms with van der Waals surface area (Å²) in [4.78, 5) is 31.2. The van der Waals surface area contributed by atoms with Gasteiger partial charge in [-0.05, 0) is 105 Å². The Kier molecular flexibility index (Phi) is 12.0. The molecular weight excluding hydrogens is 716 g/mol. The molecule has 2 aromatic rings. The molecule has 1 saturated carbocycles. The summed E-state index contributed by atoms with van der Waals surface area (Å²) in [6.07, 6.45) is 9.82. The van der Waals surface area contributed by atoms with Crippen molar-refractivity contribution in [2.45, 2.75) is 75.1 Å². The molecule has 11 nitrogen and oxygen atoms in total. The van der Waals surface area contributed by atoms with Crippen LogP contribution in [0.5, 0.6) is 5.75 Å². The Morgan fingerprint density at radius 3 is 2.77 bits per heavy atom. The predicted octanol–water partition coefficient (Wildman–Crippen LogP) is 4.86. The fraction of sp³-hybridized carbons (Fsp3) is 0.600. The first-order chi connectivity index (χ1) is 25.6. The fourth-order valence-corrected chi connectivity index (χ4v) is 10.5. The van der Waals surface area contributed by atoms with Gasteiger partial charge in [0.15, 0.2) is 0 Å². The van der Waals surface area contributed by atoms with Crippen molar-refractivity contribution < 1.29 is 32.2 Å². The summed E-state index contributed by atoms with van der Waals surface area (Å²) >= 11 is 6.46. The van der Waals surface area contributed by atoms with Gasteiger partial charge < -0.3 is 24.4 Å². The van der Waals surface area contributed by atoms with E-state index in [0.29, 0.717) is 64.5 Å². The van der Waals surface area contributed by atoms with Crippen molar-refractivity contribution in [3.8, 4) is 5.75 Å². The number of morpholine rings is 1. The Morgan fingerprint density at radius 2 is 1.98 bits per heavy atom. The van der Waals surface area contributed by atoms with Gasteiger partial charge in [-0.15, -0.1) is 0 Å². The number of sulfonamides is 1. The summed E-state index contributed by atoms with van der Waals surface area (Å²) < 4.78 is 47.8. The zero-order valence-electron chi connectivity index (χ0n) is 30.7. The van der Waals surface area contributed by atoms with Gasteiger partial charge in [0.1, 0.15) is 12.4 Å². The Bertz CT molecular complexity index is 1780. The first kappa shape index (κ1) is 38.1. The molecule has 0 aromatic heterocycles. The molecule has 3 heterocycles. The molecular formula is C40H53ClN4O7S. The van der Waals surface area contributed by atoms with Gasteiger partial charge in [0.2, 0.25) is 15.9 Å². The second kappa shape index (κ2) is 16.7. The Morgan fingerprint density at radius 1 is 1.13 bits per heavy atom. The molecule has 2 aliphatic carbocycles. The van der Waals surface area contributed by atoms with Crippen LogP contribution in [0, 0.1) is 11.8 Å². The SMILES string of the molecule is CC[C@@H]1CC/C=C\[C@H](OCC(=O)NCCN2CCOCC2)[C@@H]2CC[C@H]2CN2C[C@@]3(CCCc4cc(Cl)ccc43)COc3ccc(cc32)C(=O)NS1(=O)=O. The van der Waals surface area contributed by atoms with Crippen LogP contribution in [-0.2, 0) is 36.1 Å². The second-order valence-electron chi connectivity index (χ2n) is 15.4. The molecule has 2 bridgehead atoms. The molecule has 2 N–H and O–H groups in total. The lowest BCUT2D eigenvalue weighted by molar-refractivity contribution is -0.129. The van der Waals surface area contributed by atoms with Crippen molar-refractivity contribution >= 4 is 39.1 Å². The highest BCUT2D eigenvalue weighted by Crippen LogP contribution is 2.47. The molecule has 1 saturated heterocycles. The summed E-state index contributed by atoms with van der Waals surface area (Å²) in [6, 6.07) is 11.4. The van der Waals surface area contributed by atoms with E-state index in [-0.39, 0.29) is 41.4 Å². The average Bonchev–Trinajstić information content (AvgIpc) is 3.28. The predicted molar refractivity (Wildman–Crippen MR) is 205 cm³/mol. The summed E-state index contributed by atoms with van der Waals surface area (Å²) in [5.74, 6) is 0.320. The van der Waals surface area contributed by atoms with E-state index < -0.39 is 21.2 Å². The molecule has 2 amide bonds. The number of carbonyl (C=O) groups is 2. The number of halogens is 1. The molecule has 2 fully saturated rings. The fourth-order valence-electron chi connectivity index (χ4n) is 8.88. The Hall–Kier alpha value is -3.16. The average molecular weight is 769 g/mol. The topological polar surface area (TPSA) is 127 Å². The summed E-state index contributed by atoms with van der Waals surface area (Å²) in [7, 11) is -3.94. The first-order valence-corrected chi connectivity index (χ1v) is 21.3. The van der Waals surface area contributed by atoms with Crippen molar-refractivity contribution in [1.82, 2.24) is 14.9 Å². The summed E-state index contributed by atoms with van der Waals surface area (Å²) in [6.45, 7) is 8.11. The number of anilines is 1. The third kappa shape index (κ3) is 8.72. The molecule has 0 radical (unpaired) electrons. The second-order valence-corrected chi connectivity index (χ2v) is 17.8. The third-order valence-corrected chi connectivity index (χ3v) is 14.2. The van der Waals surface area contributed by atoms with Crippen LogP contribution in [0.2, 0.25) is 5.02 Å². The zero-order chi connectivity index (χ0) is 37.0. The van der Waals surface area contributed by atoms with Crippen LogP contribution in [-0.4, -0.2) is 102 Å². The number of hydrogen-bond acceptors (Lipinski definition) is 9. The number of fused-ring (bicyclic) bond motifs is 4. The zero-order valence-corrected chi connectivity index (χ0v) is 32.3. The number of nitrogens with one attached hydrogen (secondary N) is 2. The molecule has 0 unspecified atom stereocenters. The molecule has 13 heteroatoms. The van der Waals surface area contributed by atoms with E-state index in [2.05, 4.69) is 32.0 Å². The molecule has 5 aliphatic rings. The number of rotatable bonds is 7. The number of ether oxygens (including phenoxy) is 3. The number of benzene rings is 2. The number of nitrogens with zero attached hydrogens (tertiary/aromatic N) is 2. The minimum Gasteiger partial charge on any atom is -0.490 e. The van der Waals surface area contributed by atoms with Crippen molar-refractivity contribution in [3.63, 3.8) is 0 Å². The van der Waals surface area contributed by atoms with Gasteiger partial charge >= 0.3 is 0 Å². The Balaban J connectivity index is 1.17. The van der Waals surface area contributed by atoms with Crippen molar-refractivity contribution in [2.75, 3.05) is 70.6 Å². The lowest BCUT2D eigenvalue weighted by Gasteiger charge is -2.46. The molecule has 2 aromatic carbocycles. The Labute approximate surface area is 318 Å². The maximum absolute atomic E-state index is 13.6. The molecule has 7 rings (SSSR count). The highest BCUT2D eigenvalue weighted by atomic mass is 35.5. The van der Waals surface area contributed by atoms with Crippen LogP contribution in [0.4, 0.5) is 5.69 Å². The number of amides is 2. The van der Waals surface area contributed by atoms with E-state index in [0.717, 1.165) is 62.4 Å². The van der Waals surface area contributed by atoms with E-state index in [9.17, 15) is 18.0 Å². The number of aryl methyl sites for hydroxylation is 1. The smallest absolute Gasteiger partial charge is 0.264 e. The monoisotopic (exact) mass is 768 g/mol. The quantitative estimate of drug-likeness (QED) is 0.380. The molecule has 5 atom stereocenters. The molecule has 288 valence electrons. The summed E-state index contributed by atoms with van der Waals surface area (Å²) in [5, 5.41) is 3.00. The standard InChI is InChI=1S/C40H53ClN4O7S/c1-2-32-7-3-4-8-36(51-25-38(46)42-16-17-44-18-20-50-21-19-44)33-12-9-30(33)24-45-26-40(15-5-6-28-22-31(41)11-13-34(28)40)27-52-37-14-10-29(23-35(37)45)39(47)43-53(32,48)49/h4,8,10-11,13-14,22-23,30,32-33,36H,2-3,5-7,9,12,15-21,24-27H2,1H3,(H,42,46)(H,43,47)/b8-4-/t30-,32+,33+,36-,40-/m0/s1. The van der Waals surface area contributed by atoms with E-state index in [4.69, 9.17) is 25.8 Å². The minimum absolute atomic E-state index is 0.0501. The van der Waals surface area contributed by atoms with E-state index in [1.807, 2.05) is 25.1 Å². The van der Waals surface area contributed by atoms with Gasteiger partial charge in [-0.1, -0.05) is 36.7 Å². The minimum atomic E-state index is -3.94. The number of carbonyl (C=O) groups excluding carboxylic acids is 2. The maximum atomic E-state index is 13.6. The van der Waals surface area contributed by atoms with Crippen molar-refractivity contribution in [2.24, 2.45) is 11.8 Å². The molecule has 1 spiro atoms. The van der Waals surface area contributed by atoms with Crippen molar-refractivity contribution in [3.05, 3.63) is 70.3 Å². The van der Waals surface area contributed by atoms with E-state index in [1.54, 1.807) is 18.2 Å². The van der Waals surface area contributed by atoms with Crippen LogP contribution in [0.1, 0.15) is 73.4 Å². The number of allylic oxidation sites excluding steroid dienone is 1. The third-order valence-electron chi connectivity index (χ3n) is 12.0. The van der Waals surface area contributed by atoms with Gasteiger partial charge in [0, 0.05) is 55.3 Å². The molecule has 3 aliphatic heterocycles. The highest BCUT2D eigenvalue weighted by molar-refractivity contribution is 7.90. The molecule has 53 heavy (non-hydrogen) atoms. The number of hydrogen-bond donors (Lipinski definition) is 2. The van der Waals surface area contributed by atoms with Crippen LogP contribution in [0.25, 0.3) is 0 Å². The van der Waals surface area contributed by atoms with Gasteiger partial charge in [-0.3, -0.25) is 14.5 Å². The lowest BCUT2D eigenvalue weighted by Crippen LogP contribution is -2.50. The van der Waals surface area contributed by atoms with Crippen LogP contribution in [0.15, 0.2) is 48.6 Å². The van der Waals surface area contributed by atoms with Gasteiger partial charge in [0.05, 0.1) is 36.9 Å². The van der Waals surface area contributed by atoms with Crippen LogP contribution in [0.3, 0.4) is 0 Å². The van der Waals surface area contributed by atoms with E-state index >= 15 is 0 Å². The highest BCUT2D eigenvalue weighted by Gasteiger charge is 2.44. The first-order valence-electron chi connectivity index (χ1n) is 19.4. The van der Waals surface area contributed by atoms with Crippen LogP contribution >= 0.6 is 11.6 Å². The van der Waals surface area contributed by atoms with E-state index in [1.165, 1.54) is 11.1 Å². The van der Waals surface area contributed by atoms with Gasteiger partial charge in [-0.25, -0.2) is 13.1 Å². The van der Waals surface area contributed by atoms with Crippen LogP contribution < -0.4 is 19.7 Å². The maximum Gasteiger partial charge on any atom is 0.264 e. The van der Waals surface area contributed by atoms with Crippen molar-refractivity contribution in [1.29, 1.82) is 0 Å².